The molecule has 2 rings (SSSR count). The van der Waals surface area contributed by atoms with Crippen LogP contribution >= 0.6 is 0 Å². The van der Waals surface area contributed by atoms with Gasteiger partial charge in [-0.2, -0.15) is 0 Å². The number of benzene rings is 1. The summed E-state index contributed by atoms with van der Waals surface area (Å²) in [5, 5.41) is 9.73. The molecule has 5 heteroatoms. The van der Waals surface area contributed by atoms with Gasteiger partial charge in [-0.1, -0.05) is 0 Å². The van der Waals surface area contributed by atoms with E-state index in [2.05, 4.69) is 0 Å². The molecule has 0 spiro atoms. The zero-order valence-corrected chi connectivity index (χ0v) is 11.8. The molecule has 0 saturated heterocycles. The lowest BCUT2D eigenvalue weighted by Crippen LogP contribution is -2.39. The topological polar surface area (TPSA) is 66.8 Å². The molecule has 1 aromatic carbocycles. The first-order valence-electron chi connectivity index (χ1n) is 6.68. The van der Waals surface area contributed by atoms with E-state index in [1.807, 2.05) is 0 Å². The summed E-state index contributed by atoms with van der Waals surface area (Å²) in [5.41, 5.74) is 0.419. The highest BCUT2D eigenvalue weighted by Gasteiger charge is 2.26. The van der Waals surface area contributed by atoms with Gasteiger partial charge < -0.3 is 14.7 Å². The number of methoxy groups -OCH3 is 1. The van der Waals surface area contributed by atoms with Crippen molar-refractivity contribution < 1.29 is 19.4 Å². The van der Waals surface area contributed by atoms with Crippen molar-refractivity contribution in [3.63, 3.8) is 0 Å². The fraction of sp³-hybridized carbons (Fsp3) is 0.467. The average molecular weight is 277 g/mol. The number of rotatable bonds is 3. The summed E-state index contributed by atoms with van der Waals surface area (Å²) in [4.78, 5) is 25.3. The molecule has 1 aliphatic rings. The molecule has 1 aromatic rings. The van der Waals surface area contributed by atoms with Gasteiger partial charge in [-0.15, -0.1) is 0 Å². The van der Waals surface area contributed by atoms with Gasteiger partial charge in [0.15, 0.2) is 11.5 Å². The van der Waals surface area contributed by atoms with Crippen LogP contribution in [-0.2, 0) is 4.79 Å². The van der Waals surface area contributed by atoms with Crippen molar-refractivity contribution in [2.45, 2.75) is 31.7 Å². The molecule has 0 aliphatic heterocycles. The third-order valence-corrected chi connectivity index (χ3v) is 3.81. The van der Waals surface area contributed by atoms with E-state index in [0.29, 0.717) is 37.0 Å². The normalized spacial score (nSPS) is 16.0. The van der Waals surface area contributed by atoms with E-state index in [-0.39, 0.29) is 23.5 Å². The number of phenols is 1. The molecule has 1 fully saturated rings. The molecule has 0 bridgehead atoms. The molecule has 0 unspecified atom stereocenters. The molecule has 0 atom stereocenters. The monoisotopic (exact) mass is 277 g/mol. The first kappa shape index (κ1) is 14.4. The van der Waals surface area contributed by atoms with Crippen LogP contribution in [0.15, 0.2) is 18.2 Å². The molecule has 0 heterocycles. The van der Waals surface area contributed by atoms with Crippen molar-refractivity contribution in [1.29, 1.82) is 0 Å². The minimum atomic E-state index is -0.151. The molecule has 5 nitrogen and oxygen atoms in total. The number of amides is 1. The summed E-state index contributed by atoms with van der Waals surface area (Å²) in [6.45, 7) is 0. The van der Waals surface area contributed by atoms with Gasteiger partial charge >= 0.3 is 0 Å². The van der Waals surface area contributed by atoms with Crippen molar-refractivity contribution in [2.24, 2.45) is 0 Å². The fourth-order valence-corrected chi connectivity index (χ4v) is 2.50. The number of carbonyl (C=O) groups is 2. The summed E-state index contributed by atoms with van der Waals surface area (Å²) < 4.78 is 4.96. The number of aromatic hydroxyl groups is 1. The van der Waals surface area contributed by atoms with Gasteiger partial charge in [0, 0.05) is 31.5 Å². The van der Waals surface area contributed by atoms with Crippen LogP contribution in [0.2, 0.25) is 0 Å². The minimum absolute atomic E-state index is 0.0504. The Morgan fingerprint density at radius 3 is 2.55 bits per heavy atom. The van der Waals surface area contributed by atoms with Gasteiger partial charge in [-0.25, -0.2) is 0 Å². The second-order valence-electron chi connectivity index (χ2n) is 5.07. The molecule has 1 N–H and O–H groups in total. The fourth-order valence-electron chi connectivity index (χ4n) is 2.50. The van der Waals surface area contributed by atoms with E-state index < -0.39 is 0 Å². The van der Waals surface area contributed by atoms with Crippen LogP contribution in [0.3, 0.4) is 0 Å². The molecule has 1 aliphatic carbocycles. The Bertz CT molecular complexity index is 517. The molecule has 0 radical (unpaired) electrons. The third kappa shape index (κ3) is 2.92. The lowest BCUT2D eigenvalue weighted by Gasteiger charge is -2.30. The minimum Gasteiger partial charge on any atom is -0.504 e. The van der Waals surface area contributed by atoms with Crippen LogP contribution in [-0.4, -0.2) is 41.9 Å². The number of hydrogen-bond donors (Lipinski definition) is 1. The third-order valence-electron chi connectivity index (χ3n) is 3.81. The molecular weight excluding hydrogens is 258 g/mol. The van der Waals surface area contributed by atoms with E-state index in [9.17, 15) is 14.7 Å². The quantitative estimate of drug-likeness (QED) is 0.917. The maximum Gasteiger partial charge on any atom is 0.253 e. The van der Waals surface area contributed by atoms with E-state index in [4.69, 9.17) is 4.74 Å². The predicted octanol–water partition coefficient (Wildman–Crippen LogP) is 1.98. The van der Waals surface area contributed by atoms with Gasteiger partial charge in [0.05, 0.1) is 7.11 Å². The largest absolute Gasteiger partial charge is 0.504 e. The molecule has 1 amide bonds. The number of ketones is 1. The molecule has 108 valence electrons. The molecular formula is C15H19NO4. The van der Waals surface area contributed by atoms with Crippen molar-refractivity contribution >= 4 is 11.7 Å². The van der Waals surface area contributed by atoms with Gasteiger partial charge in [0.2, 0.25) is 0 Å². The zero-order chi connectivity index (χ0) is 14.7. The molecule has 0 aromatic heterocycles. The van der Waals surface area contributed by atoms with Crippen LogP contribution in [0, 0.1) is 0 Å². The average Bonchev–Trinajstić information content (AvgIpc) is 2.46. The van der Waals surface area contributed by atoms with Gasteiger partial charge in [-0.05, 0) is 31.0 Å². The Morgan fingerprint density at radius 1 is 1.35 bits per heavy atom. The maximum atomic E-state index is 12.4. The number of ether oxygens (including phenoxy) is 1. The smallest absolute Gasteiger partial charge is 0.253 e. The summed E-state index contributed by atoms with van der Waals surface area (Å²) in [6.07, 6.45) is 2.50. The molecule has 1 saturated carbocycles. The van der Waals surface area contributed by atoms with E-state index in [1.54, 1.807) is 24.1 Å². The Hall–Kier alpha value is -2.04. The number of hydrogen-bond acceptors (Lipinski definition) is 4. The summed E-state index contributed by atoms with van der Waals surface area (Å²) in [5.74, 6) is 0.407. The highest BCUT2D eigenvalue weighted by atomic mass is 16.5. The van der Waals surface area contributed by atoms with Crippen molar-refractivity contribution in [3.05, 3.63) is 23.8 Å². The van der Waals surface area contributed by atoms with Crippen molar-refractivity contribution in [1.82, 2.24) is 4.90 Å². The van der Waals surface area contributed by atoms with Gasteiger partial charge in [0.1, 0.15) is 5.78 Å². The summed E-state index contributed by atoms with van der Waals surface area (Å²) >= 11 is 0. The second kappa shape index (κ2) is 5.94. The number of Topliss-reactive ketones (excluding diaryl/α,β-unsaturated/α-hetero) is 1. The maximum absolute atomic E-state index is 12.4. The Kier molecular flexibility index (Phi) is 4.27. The lowest BCUT2D eigenvalue weighted by molar-refractivity contribution is -0.121. The van der Waals surface area contributed by atoms with Crippen LogP contribution in [0.5, 0.6) is 11.5 Å². The van der Waals surface area contributed by atoms with Gasteiger partial charge in [-0.3, -0.25) is 9.59 Å². The second-order valence-corrected chi connectivity index (χ2v) is 5.07. The predicted molar refractivity (Wildman–Crippen MR) is 74.0 cm³/mol. The van der Waals surface area contributed by atoms with Gasteiger partial charge in [0.25, 0.3) is 5.91 Å². The molecule has 20 heavy (non-hydrogen) atoms. The SMILES string of the molecule is COc1ccc(C(=O)N(C)C2CCC(=O)CC2)cc1O. The summed E-state index contributed by atoms with van der Waals surface area (Å²) in [7, 11) is 3.20. The van der Waals surface area contributed by atoms with Crippen LogP contribution < -0.4 is 4.74 Å². The Morgan fingerprint density at radius 2 is 2.00 bits per heavy atom. The standard InChI is InChI=1S/C15H19NO4/c1-16(11-4-6-12(17)7-5-11)15(19)10-3-8-14(20-2)13(18)9-10/h3,8-9,11,18H,4-7H2,1-2H3. The lowest BCUT2D eigenvalue weighted by atomic mass is 9.93. The number of phenolic OH excluding ortho intramolecular Hbond substituents is 1. The van der Waals surface area contributed by atoms with Crippen LogP contribution in [0.25, 0.3) is 0 Å². The van der Waals surface area contributed by atoms with E-state index in [0.717, 1.165) is 0 Å². The van der Waals surface area contributed by atoms with Crippen molar-refractivity contribution in [2.75, 3.05) is 14.2 Å². The first-order valence-corrected chi connectivity index (χ1v) is 6.68. The number of nitrogens with zero attached hydrogens (tertiary/aromatic N) is 1. The number of carbonyl (C=O) groups excluding carboxylic acids is 2. The Labute approximate surface area is 118 Å². The zero-order valence-electron chi connectivity index (χ0n) is 11.8. The van der Waals surface area contributed by atoms with Crippen LogP contribution in [0.1, 0.15) is 36.0 Å². The highest BCUT2D eigenvalue weighted by molar-refractivity contribution is 5.95. The van der Waals surface area contributed by atoms with Crippen LogP contribution in [0.4, 0.5) is 0 Å². The summed E-state index contributed by atoms with van der Waals surface area (Å²) in [6, 6.07) is 4.70. The first-order chi connectivity index (χ1) is 9.52. The Balaban J connectivity index is 2.10. The highest BCUT2D eigenvalue weighted by Crippen LogP contribution is 2.28. The van der Waals surface area contributed by atoms with Crippen molar-refractivity contribution in [3.8, 4) is 11.5 Å². The van der Waals surface area contributed by atoms with E-state index >= 15 is 0 Å². The van der Waals surface area contributed by atoms with E-state index in [1.165, 1.54) is 13.2 Å².